The van der Waals surface area contributed by atoms with Crippen LogP contribution in [0.3, 0.4) is 0 Å². The van der Waals surface area contributed by atoms with Crippen LogP contribution in [0.1, 0.15) is 5.56 Å². The third-order valence-electron chi connectivity index (χ3n) is 3.29. The molecule has 2 amide bonds. The van der Waals surface area contributed by atoms with E-state index in [9.17, 15) is 4.79 Å². The van der Waals surface area contributed by atoms with Gasteiger partial charge in [-0.2, -0.15) is 0 Å². The monoisotopic (exact) mass is 316 g/mol. The molecule has 0 bridgehead atoms. The van der Waals surface area contributed by atoms with Crippen molar-refractivity contribution in [1.82, 2.24) is 0 Å². The molecule has 2 N–H and O–H groups in total. The van der Waals surface area contributed by atoms with Crippen LogP contribution in [-0.4, -0.2) is 27.4 Å². The Balaban J connectivity index is 2.10. The number of rotatable bonds is 5. The first-order valence-corrected chi connectivity index (χ1v) is 7.01. The molecule has 0 aliphatic rings. The van der Waals surface area contributed by atoms with Crippen molar-refractivity contribution in [2.45, 2.75) is 6.92 Å². The number of aryl methyl sites for hydroxylation is 1. The average Bonchev–Trinajstić information content (AvgIpc) is 2.56. The van der Waals surface area contributed by atoms with E-state index in [-0.39, 0.29) is 6.03 Å². The molecule has 6 nitrogen and oxygen atoms in total. The highest BCUT2D eigenvalue weighted by atomic mass is 16.5. The molecule has 0 fully saturated rings. The summed E-state index contributed by atoms with van der Waals surface area (Å²) in [5.41, 5.74) is 2.19. The number of carbonyl (C=O) groups excluding carboxylic acids is 1. The van der Waals surface area contributed by atoms with Gasteiger partial charge in [-0.25, -0.2) is 4.79 Å². The van der Waals surface area contributed by atoms with E-state index in [0.717, 1.165) is 11.3 Å². The maximum absolute atomic E-state index is 12.2. The molecule has 2 aromatic carbocycles. The standard InChI is InChI=1S/C17H20N2O4/c1-11-7-13(21-2)5-6-16(11)19-17(20)18-12-8-14(22-3)10-15(9-12)23-4/h5-10H,1-4H3,(H2,18,19,20). The fourth-order valence-corrected chi connectivity index (χ4v) is 2.07. The Hall–Kier alpha value is -2.89. The largest absolute Gasteiger partial charge is 0.497 e. The van der Waals surface area contributed by atoms with Crippen LogP contribution in [0.25, 0.3) is 0 Å². The smallest absolute Gasteiger partial charge is 0.323 e. The van der Waals surface area contributed by atoms with Crippen LogP contribution in [0.5, 0.6) is 17.2 Å². The van der Waals surface area contributed by atoms with Gasteiger partial charge in [-0.05, 0) is 30.7 Å². The second-order valence-corrected chi connectivity index (χ2v) is 4.86. The van der Waals surface area contributed by atoms with E-state index >= 15 is 0 Å². The van der Waals surface area contributed by atoms with E-state index in [1.165, 1.54) is 0 Å². The van der Waals surface area contributed by atoms with Crippen LogP contribution >= 0.6 is 0 Å². The van der Waals surface area contributed by atoms with Gasteiger partial charge in [-0.3, -0.25) is 0 Å². The van der Waals surface area contributed by atoms with Crippen molar-refractivity contribution >= 4 is 17.4 Å². The minimum absolute atomic E-state index is 0.353. The molecule has 2 aromatic rings. The molecule has 0 unspecified atom stereocenters. The van der Waals surface area contributed by atoms with Crippen molar-refractivity contribution in [3.05, 3.63) is 42.0 Å². The number of hydrogen-bond donors (Lipinski definition) is 2. The summed E-state index contributed by atoms with van der Waals surface area (Å²) in [7, 11) is 4.71. The molecule has 0 aromatic heterocycles. The van der Waals surface area contributed by atoms with Gasteiger partial charge < -0.3 is 24.8 Å². The molecule has 6 heteroatoms. The summed E-state index contributed by atoms with van der Waals surface area (Å²) in [5.74, 6) is 1.94. The summed E-state index contributed by atoms with van der Waals surface area (Å²) >= 11 is 0. The first-order valence-electron chi connectivity index (χ1n) is 7.01. The minimum Gasteiger partial charge on any atom is -0.497 e. The summed E-state index contributed by atoms with van der Waals surface area (Å²) in [5, 5.41) is 5.55. The van der Waals surface area contributed by atoms with Gasteiger partial charge in [0, 0.05) is 29.6 Å². The van der Waals surface area contributed by atoms with E-state index < -0.39 is 0 Å². The van der Waals surface area contributed by atoms with Crippen molar-refractivity contribution in [3.8, 4) is 17.2 Å². The average molecular weight is 316 g/mol. The number of methoxy groups -OCH3 is 3. The number of amides is 2. The molecule has 0 spiro atoms. The first kappa shape index (κ1) is 16.5. The first-order chi connectivity index (χ1) is 11.0. The number of urea groups is 1. The molecule has 0 atom stereocenters. The predicted molar refractivity (Wildman–Crippen MR) is 89.9 cm³/mol. The zero-order valence-electron chi connectivity index (χ0n) is 13.6. The zero-order chi connectivity index (χ0) is 16.8. The Morgan fingerprint density at radius 1 is 0.826 bits per heavy atom. The lowest BCUT2D eigenvalue weighted by Crippen LogP contribution is -2.20. The van der Waals surface area contributed by atoms with Crippen LogP contribution in [0.15, 0.2) is 36.4 Å². The molecule has 0 heterocycles. The van der Waals surface area contributed by atoms with E-state index in [0.29, 0.717) is 22.9 Å². The van der Waals surface area contributed by atoms with Crippen LogP contribution in [0.2, 0.25) is 0 Å². The van der Waals surface area contributed by atoms with Gasteiger partial charge in [0.1, 0.15) is 17.2 Å². The van der Waals surface area contributed by atoms with Crippen molar-refractivity contribution in [3.63, 3.8) is 0 Å². The molecular weight excluding hydrogens is 296 g/mol. The number of hydrogen-bond acceptors (Lipinski definition) is 4. The lowest BCUT2D eigenvalue weighted by Gasteiger charge is -2.12. The lowest BCUT2D eigenvalue weighted by molar-refractivity contribution is 0.262. The molecule has 0 saturated heterocycles. The van der Waals surface area contributed by atoms with Crippen LogP contribution in [0.4, 0.5) is 16.2 Å². The maximum atomic E-state index is 12.2. The highest BCUT2D eigenvalue weighted by Crippen LogP contribution is 2.26. The third-order valence-corrected chi connectivity index (χ3v) is 3.29. The fraction of sp³-hybridized carbons (Fsp3) is 0.235. The fourth-order valence-electron chi connectivity index (χ4n) is 2.07. The van der Waals surface area contributed by atoms with Crippen LogP contribution in [-0.2, 0) is 0 Å². The highest BCUT2D eigenvalue weighted by Gasteiger charge is 2.08. The Labute approximate surface area is 135 Å². The van der Waals surface area contributed by atoms with Crippen molar-refractivity contribution in [2.75, 3.05) is 32.0 Å². The summed E-state index contributed by atoms with van der Waals surface area (Å²) in [4.78, 5) is 12.2. The number of benzene rings is 2. The quantitative estimate of drug-likeness (QED) is 0.883. The Morgan fingerprint density at radius 3 is 1.96 bits per heavy atom. The van der Waals surface area contributed by atoms with Gasteiger partial charge in [0.05, 0.1) is 21.3 Å². The third kappa shape index (κ3) is 4.29. The van der Waals surface area contributed by atoms with Gasteiger partial charge in [-0.1, -0.05) is 0 Å². The number of nitrogens with one attached hydrogen (secondary N) is 2. The Bertz CT molecular complexity index is 679. The van der Waals surface area contributed by atoms with Gasteiger partial charge in [0.15, 0.2) is 0 Å². The zero-order valence-corrected chi connectivity index (χ0v) is 13.6. The topological polar surface area (TPSA) is 68.8 Å². The maximum Gasteiger partial charge on any atom is 0.323 e. The summed E-state index contributed by atoms with van der Waals surface area (Å²) < 4.78 is 15.5. The van der Waals surface area contributed by atoms with Gasteiger partial charge in [0.2, 0.25) is 0 Å². The van der Waals surface area contributed by atoms with E-state index in [4.69, 9.17) is 14.2 Å². The molecule has 0 radical (unpaired) electrons. The SMILES string of the molecule is COc1cc(NC(=O)Nc2ccc(OC)cc2C)cc(OC)c1. The molecular formula is C17H20N2O4. The summed E-state index contributed by atoms with van der Waals surface area (Å²) in [6.45, 7) is 1.90. The van der Waals surface area contributed by atoms with Gasteiger partial charge in [-0.15, -0.1) is 0 Å². The highest BCUT2D eigenvalue weighted by molar-refractivity contribution is 6.00. The number of anilines is 2. The Kier molecular flexibility index (Phi) is 5.30. The van der Waals surface area contributed by atoms with E-state index in [1.54, 1.807) is 51.7 Å². The lowest BCUT2D eigenvalue weighted by atomic mass is 10.2. The number of carbonyl (C=O) groups is 1. The molecule has 0 aliphatic heterocycles. The van der Waals surface area contributed by atoms with Gasteiger partial charge in [0.25, 0.3) is 0 Å². The normalized spacial score (nSPS) is 9.91. The van der Waals surface area contributed by atoms with Gasteiger partial charge >= 0.3 is 6.03 Å². The van der Waals surface area contributed by atoms with Crippen molar-refractivity contribution in [2.24, 2.45) is 0 Å². The predicted octanol–water partition coefficient (Wildman–Crippen LogP) is 3.66. The second kappa shape index (κ2) is 7.40. The van der Waals surface area contributed by atoms with Crippen LogP contribution < -0.4 is 24.8 Å². The van der Waals surface area contributed by atoms with Crippen LogP contribution in [0, 0.1) is 6.92 Å². The second-order valence-electron chi connectivity index (χ2n) is 4.86. The molecule has 2 rings (SSSR count). The molecule has 122 valence electrons. The minimum atomic E-state index is -0.353. The molecule has 0 saturated carbocycles. The Morgan fingerprint density at radius 2 is 1.43 bits per heavy atom. The summed E-state index contributed by atoms with van der Waals surface area (Å²) in [6.07, 6.45) is 0. The van der Waals surface area contributed by atoms with E-state index in [2.05, 4.69) is 10.6 Å². The number of ether oxygens (including phenoxy) is 3. The van der Waals surface area contributed by atoms with E-state index in [1.807, 2.05) is 13.0 Å². The molecule has 0 aliphatic carbocycles. The summed E-state index contributed by atoms with van der Waals surface area (Å²) in [6, 6.07) is 10.2. The molecule has 23 heavy (non-hydrogen) atoms. The van der Waals surface area contributed by atoms with Crippen molar-refractivity contribution in [1.29, 1.82) is 0 Å². The van der Waals surface area contributed by atoms with Crippen molar-refractivity contribution < 1.29 is 19.0 Å².